The highest BCUT2D eigenvalue weighted by Crippen LogP contribution is 2.36. The van der Waals surface area contributed by atoms with Gasteiger partial charge >= 0.3 is 6.09 Å². The van der Waals surface area contributed by atoms with Gasteiger partial charge in [0.15, 0.2) is 0 Å². The van der Waals surface area contributed by atoms with Crippen LogP contribution in [0.3, 0.4) is 0 Å². The number of aliphatic hydroxyl groups is 2. The van der Waals surface area contributed by atoms with Gasteiger partial charge in [0.25, 0.3) is 0 Å². The third-order valence-corrected chi connectivity index (χ3v) is 5.64. The smallest absolute Gasteiger partial charge is 0.409 e. The van der Waals surface area contributed by atoms with Crippen molar-refractivity contribution in [3.05, 3.63) is 48.0 Å². The molecule has 2 heterocycles. The second-order valence-corrected chi connectivity index (χ2v) is 7.69. The Morgan fingerprint density at radius 3 is 2.23 bits per heavy atom. The molecule has 2 N–H and O–H groups in total. The van der Waals surface area contributed by atoms with Gasteiger partial charge < -0.3 is 24.4 Å². The Balaban J connectivity index is 1.78. The molecule has 3 unspecified atom stereocenters. The first kappa shape index (κ1) is 20.6. The zero-order chi connectivity index (χ0) is 21.4. The molecule has 160 valence electrons. The first-order chi connectivity index (χ1) is 14.4. The third-order valence-electron chi connectivity index (χ3n) is 5.64. The van der Waals surface area contributed by atoms with Crippen molar-refractivity contribution in [2.75, 3.05) is 19.7 Å². The molecule has 1 saturated heterocycles. The molecule has 0 spiro atoms. The number of hydrogen-bond donors (Lipinski definition) is 2. The SMILES string of the molecule is CCCCOC(=O)N1CC(O)C(O)C(n2c3ccc(F)cc3c3cc(F)ccc32)C1. The van der Waals surface area contributed by atoms with E-state index < -0.39 is 36.0 Å². The summed E-state index contributed by atoms with van der Waals surface area (Å²) in [4.78, 5) is 13.8. The van der Waals surface area contributed by atoms with Crippen molar-refractivity contribution in [3.8, 4) is 0 Å². The van der Waals surface area contributed by atoms with Crippen LogP contribution in [-0.4, -0.2) is 57.7 Å². The number of amides is 1. The molecule has 1 aromatic heterocycles. The molecule has 0 saturated carbocycles. The molecule has 0 radical (unpaired) electrons. The number of unbranched alkanes of at least 4 members (excludes halogenated alkanes) is 1. The van der Waals surface area contributed by atoms with E-state index in [1.807, 2.05) is 6.92 Å². The summed E-state index contributed by atoms with van der Waals surface area (Å²) in [5, 5.41) is 22.2. The number of fused-ring (bicyclic) bond motifs is 3. The number of hydrogen-bond acceptors (Lipinski definition) is 4. The van der Waals surface area contributed by atoms with Gasteiger partial charge in [0.05, 0.1) is 25.3 Å². The van der Waals surface area contributed by atoms with Gasteiger partial charge in [0, 0.05) is 28.4 Å². The van der Waals surface area contributed by atoms with E-state index in [0.29, 0.717) is 21.8 Å². The summed E-state index contributed by atoms with van der Waals surface area (Å²) in [6, 6.07) is 7.60. The molecule has 30 heavy (non-hydrogen) atoms. The van der Waals surface area contributed by atoms with E-state index in [2.05, 4.69) is 0 Å². The van der Waals surface area contributed by atoms with Crippen LogP contribution in [0, 0.1) is 11.6 Å². The van der Waals surface area contributed by atoms with Crippen LogP contribution < -0.4 is 0 Å². The maximum absolute atomic E-state index is 13.9. The predicted octanol–water partition coefficient (Wildman–Crippen LogP) is 3.59. The summed E-state index contributed by atoms with van der Waals surface area (Å²) in [5.41, 5.74) is 1.16. The van der Waals surface area contributed by atoms with E-state index in [-0.39, 0.29) is 19.7 Å². The minimum Gasteiger partial charge on any atom is -0.449 e. The number of rotatable bonds is 4. The molecule has 1 aliphatic heterocycles. The minimum absolute atomic E-state index is 0.0526. The molecule has 4 rings (SSSR count). The van der Waals surface area contributed by atoms with Crippen molar-refractivity contribution in [1.29, 1.82) is 0 Å². The monoisotopic (exact) mass is 418 g/mol. The highest BCUT2D eigenvalue weighted by Gasteiger charge is 2.39. The van der Waals surface area contributed by atoms with E-state index in [1.165, 1.54) is 29.2 Å². The summed E-state index contributed by atoms with van der Waals surface area (Å²) >= 11 is 0. The van der Waals surface area contributed by atoms with Gasteiger partial charge in [-0.3, -0.25) is 0 Å². The molecule has 2 aromatic carbocycles. The molecule has 3 atom stereocenters. The van der Waals surface area contributed by atoms with Crippen molar-refractivity contribution in [2.24, 2.45) is 0 Å². The van der Waals surface area contributed by atoms with Crippen LogP contribution in [0.15, 0.2) is 36.4 Å². The zero-order valence-electron chi connectivity index (χ0n) is 16.6. The molecule has 8 heteroatoms. The van der Waals surface area contributed by atoms with Crippen LogP contribution in [0.2, 0.25) is 0 Å². The average Bonchev–Trinajstić information content (AvgIpc) is 3.02. The maximum Gasteiger partial charge on any atom is 0.409 e. The van der Waals surface area contributed by atoms with Gasteiger partial charge in [-0.2, -0.15) is 0 Å². The van der Waals surface area contributed by atoms with Gasteiger partial charge in [0.2, 0.25) is 0 Å². The Morgan fingerprint density at radius 1 is 1.07 bits per heavy atom. The quantitative estimate of drug-likeness (QED) is 0.635. The van der Waals surface area contributed by atoms with E-state index in [4.69, 9.17) is 4.74 Å². The average molecular weight is 418 g/mol. The lowest BCUT2D eigenvalue weighted by molar-refractivity contribution is -0.0633. The van der Waals surface area contributed by atoms with Crippen molar-refractivity contribution < 1.29 is 28.5 Å². The van der Waals surface area contributed by atoms with Gasteiger partial charge in [-0.15, -0.1) is 0 Å². The van der Waals surface area contributed by atoms with Crippen LogP contribution in [-0.2, 0) is 4.74 Å². The maximum atomic E-state index is 13.9. The first-order valence-corrected chi connectivity index (χ1v) is 10.1. The number of β-amino-alcohol motifs (C(OH)–C–C–N with tert-alkyl or cyclic N) is 1. The second-order valence-electron chi connectivity index (χ2n) is 7.69. The lowest BCUT2D eigenvalue weighted by atomic mass is 9.99. The summed E-state index contributed by atoms with van der Waals surface area (Å²) in [6.45, 7) is 2.31. The molecule has 1 fully saturated rings. The molecule has 0 bridgehead atoms. The normalized spacial score (nSPS) is 22.0. The van der Waals surface area contributed by atoms with E-state index in [9.17, 15) is 23.8 Å². The topological polar surface area (TPSA) is 74.9 Å². The third kappa shape index (κ3) is 3.61. The van der Waals surface area contributed by atoms with Crippen molar-refractivity contribution in [3.63, 3.8) is 0 Å². The van der Waals surface area contributed by atoms with Crippen molar-refractivity contribution in [1.82, 2.24) is 9.47 Å². The Kier molecular flexibility index (Phi) is 5.62. The summed E-state index contributed by atoms with van der Waals surface area (Å²) < 4.78 is 34.8. The summed E-state index contributed by atoms with van der Waals surface area (Å²) in [6.07, 6.45) is -1.30. The number of halogens is 2. The fourth-order valence-electron chi connectivity index (χ4n) is 4.13. The van der Waals surface area contributed by atoms with Crippen LogP contribution in [0.1, 0.15) is 25.8 Å². The number of ether oxygens (including phenoxy) is 1. The first-order valence-electron chi connectivity index (χ1n) is 10.1. The van der Waals surface area contributed by atoms with Gasteiger partial charge in [0.1, 0.15) is 17.7 Å². The fourth-order valence-corrected chi connectivity index (χ4v) is 4.13. The van der Waals surface area contributed by atoms with Crippen molar-refractivity contribution in [2.45, 2.75) is 38.0 Å². The number of piperidine rings is 1. The number of benzene rings is 2. The standard InChI is InChI=1S/C22H24F2N2O4/c1-2-3-8-30-22(29)25-11-19(21(28)20(27)12-25)26-17-6-4-13(23)9-15(17)16-10-14(24)5-7-18(16)26/h4-7,9-10,19-21,27-28H,2-3,8,11-12H2,1H3. The van der Waals surface area contributed by atoms with Gasteiger partial charge in [-0.1, -0.05) is 13.3 Å². The Labute approximate surface area is 172 Å². The van der Waals surface area contributed by atoms with Crippen molar-refractivity contribution >= 4 is 27.9 Å². The highest BCUT2D eigenvalue weighted by atomic mass is 19.1. The molecule has 0 aliphatic carbocycles. The predicted molar refractivity (Wildman–Crippen MR) is 108 cm³/mol. The lowest BCUT2D eigenvalue weighted by Crippen LogP contribution is -2.54. The van der Waals surface area contributed by atoms with Crippen LogP contribution in [0.25, 0.3) is 21.8 Å². The molecular formula is C22H24F2N2O4. The molecule has 3 aromatic rings. The summed E-state index contributed by atoms with van der Waals surface area (Å²) in [5.74, 6) is -0.924. The van der Waals surface area contributed by atoms with Crippen LogP contribution in [0.5, 0.6) is 0 Å². The number of likely N-dealkylation sites (tertiary alicyclic amines) is 1. The number of carbonyl (C=O) groups excluding carboxylic acids is 1. The number of aliphatic hydroxyl groups excluding tert-OH is 2. The minimum atomic E-state index is -1.18. The van der Waals surface area contributed by atoms with Gasteiger partial charge in [-0.25, -0.2) is 13.6 Å². The van der Waals surface area contributed by atoms with Gasteiger partial charge in [-0.05, 0) is 42.8 Å². The number of aromatic nitrogens is 1. The molecule has 1 amide bonds. The van der Waals surface area contributed by atoms with Crippen LogP contribution >= 0.6 is 0 Å². The van der Waals surface area contributed by atoms with E-state index in [0.717, 1.165) is 12.8 Å². The lowest BCUT2D eigenvalue weighted by Gasteiger charge is -2.40. The molecule has 1 aliphatic rings. The van der Waals surface area contributed by atoms with Crippen LogP contribution in [0.4, 0.5) is 13.6 Å². The molecule has 6 nitrogen and oxygen atoms in total. The van der Waals surface area contributed by atoms with E-state index in [1.54, 1.807) is 16.7 Å². The largest absolute Gasteiger partial charge is 0.449 e. The Bertz CT molecular complexity index is 1020. The molecular weight excluding hydrogens is 394 g/mol. The number of carbonyl (C=O) groups is 1. The highest BCUT2D eigenvalue weighted by molar-refractivity contribution is 6.08. The number of nitrogens with zero attached hydrogens (tertiary/aromatic N) is 2. The zero-order valence-corrected chi connectivity index (χ0v) is 16.6. The van der Waals surface area contributed by atoms with E-state index >= 15 is 0 Å². The summed E-state index contributed by atoms with van der Waals surface area (Å²) in [7, 11) is 0. The Hall–Kier alpha value is -2.71. The fraction of sp³-hybridized carbons (Fsp3) is 0.409. The second kappa shape index (κ2) is 8.20. The Morgan fingerprint density at radius 2 is 1.67 bits per heavy atom.